The lowest BCUT2D eigenvalue weighted by Gasteiger charge is -2.36. The van der Waals surface area contributed by atoms with Gasteiger partial charge in [0.05, 0.1) is 23.8 Å². The number of benzene rings is 1. The lowest BCUT2D eigenvalue weighted by molar-refractivity contribution is -0.137. The molecule has 2 atom stereocenters. The number of ether oxygens (including phenoxy) is 1. The summed E-state index contributed by atoms with van der Waals surface area (Å²) in [6, 6.07) is 5.76. The van der Waals surface area contributed by atoms with E-state index in [-0.39, 0.29) is 6.54 Å². The van der Waals surface area contributed by atoms with E-state index in [2.05, 4.69) is 17.0 Å². The van der Waals surface area contributed by atoms with Gasteiger partial charge < -0.3 is 14.2 Å². The molecule has 3 aromatic rings. The molecule has 10 heteroatoms. The van der Waals surface area contributed by atoms with Crippen molar-refractivity contribution in [1.82, 2.24) is 15.0 Å². The summed E-state index contributed by atoms with van der Waals surface area (Å²) in [5.74, 6) is 1.58. The molecule has 226 valence electrons. The number of anilines is 1. The predicted octanol–water partition coefficient (Wildman–Crippen LogP) is 8.18. The van der Waals surface area contributed by atoms with Crippen molar-refractivity contribution in [2.75, 3.05) is 11.4 Å². The van der Waals surface area contributed by atoms with Crippen molar-refractivity contribution in [2.45, 2.75) is 104 Å². The molecule has 42 heavy (non-hydrogen) atoms. The van der Waals surface area contributed by atoms with Gasteiger partial charge in [0, 0.05) is 41.9 Å². The Labute approximate surface area is 245 Å². The second-order valence-corrected chi connectivity index (χ2v) is 11.5. The third-order valence-electron chi connectivity index (χ3n) is 8.60. The van der Waals surface area contributed by atoms with Gasteiger partial charge in [-0.15, -0.1) is 0 Å². The molecule has 1 amide bonds. The van der Waals surface area contributed by atoms with Crippen molar-refractivity contribution in [2.24, 2.45) is 0 Å². The zero-order valence-electron chi connectivity index (χ0n) is 24.9. The second-order valence-electron chi connectivity index (χ2n) is 11.5. The minimum atomic E-state index is -4.49. The Balaban J connectivity index is 1.53. The summed E-state index contributed by atoms with van der Waals surface area (Å²) < 4.78 is 52.0. The van der Waals surface area contributed by atoms with Crippen LogP contribution in [0.2, 0.25) is 0 Å². The van der Waals surface area contributed by atoms with E-state index >= 15 is 0 Å². The summed E-state index contributed by atoms with van der Waals surface area (Å²) in [5.41, 5.74) is 3.42. The summed E-state index contributed by atoms with van der Waals surface area (Å²) >= 11 is 0. The van der Waals surface area contributed by atoms with Crippen LogP contribution in [0, 0.1) is 13.8 Å². The van der Waals surface area contributed by atoms with Gasteiger partial charge in [0.2, 0.25) is 0 Å². The van der Waals surface area contributed by atoms with Crippen LogP contribution in [0.25, 0.3) is 11.1 Å². The molecule has 0 N–H and O–H groups in total. The van der Waals surface area contributed by atoms with Crippen molar-refractivity contribution in [1.29, 1.82) is 0 Å². The smallest absolute Gasteiger partial charge is 0.416 e. The van der Waals surface area contributed by atoms with Gasteiger partial charge in [-0.2, -0.15) is 13.2 Å². The maximum atomic E-state index is 13.6. The van der Waals surface area contributed by atoms with E-state index in [1.165, 1.54) is 19.3 Å². The van der Waals surface area contributed by atoms with Crippen molar-refractivity contribution >= 4 is 11.9 Å². The topological polar surface area (TPSA) is 71.7 Å². The van der Waals surface area contributed by atoms with E-state index in [9.17, 15) is 18.0 Å². The number of rotatable bonds is 8. The lowest BCUT2D eigenvalue weighted by Crippen LogP contribution is -2.39. The predicted molar refractivity (Wildman–Crippen MR) is 154 cm³/mol. The summed E-state index contributed by atoms with van der Waals surface area (Å²) in [4.78, 5) is 22.2. The Kier molecular flexibility index (Phi) is 8.53. The standard InChI is InChI=1S/C32H39F3N4O3/c1-6-27-28(20(4)37-42-27)23-15-24(30(36-17-23)38(7-2)26-11-9-8-10-12-26)18-39-21(5)29(41-31(39)40)22-13-19(3)14-25(16-22)32(33,34)35/h13-17,21,26,29H,6-12,18H2,1-5H3/t21-,29-/m0/s1. The number of hydrogen-bond donors (Lipinski definition) is 0. The first-order valence-electron chi connectivity index (χ1n) is 14.9. The highest BCUT2D eigenvalue weighted by Crippen LogP contribution is 2.39. The number of aromatic nitrogens is 2. The molecule has 0 spiro atoms. The zero-order chi connectivity index (χ0) is 30.2. The van der Waals surface area contributed by atoms with Gasteiger partial charge in [0.15, 0.2) is 0 Å². The molecule has 1 aromatic carbocycles. The van der Waals surface area contributed by atoms with Crippen LogP contribution in [0.15, 0.2) is 35.0 Å². The van der Waals surface area contributed by atoms with E-state index in [4.69, 9.17) is 14.2 Å². The van der Waals surface area contributed by atoms with Crippen LogP contribution in [0.5, 0.6) is 0 Å². The highest BCUT2D eigenvalue weighted by atomic mass is 19.4. The Morgan fingerprint density at radius 2 is 1.81 bits per heavy atom. The minimum absolute atomic E-state index is 0.208. The number of aryl methyl sites for hydroxylation is 3. The molecule has 7 nitrogen and oxygen atoms in total. The van der Waals surface area contributed by atoms with E-state index in [0.29, 0.717) is 23.6 Å². The zero-order valence-corrected chi connectivity index (χ0v) is 24.9. The molecule has 1 saturated heterocycles. The normalized spacial score (nSPS) is 19.8. The van der Waals surface area contributed by atoms with Crippen LogP contribution in [-0.4, -0.2) is 39.8 Å². The Morgan fingerprint density at radius 3 is 2.48 bits per heavy atom. The van der Waals surface area contributed by atoms with Crippen molar-refractivity contribution < 1.29 is 27.2 Å². The van der Waals surface area contributed by atoms with Gasteiger partial charge in [-0.05, 0) is 64.3 Å². The monoisotopic (exact) mass is 584 g/mol. The number of hydrogen-bond acceptors (Lipinski definition) is 6. The number of nitrogens with zero attached hydrogens (tertiary/aromatic N) is 4. The fraction of sp³-hybridized carbons (Fsp3) is 0.531. The van der Waals surface area contributed by atoms with Crippen molar-refractivity contribution in [3.63, 3.8) is 0 Å². The fourth-order valence-corrected chi connectivity index (χ4v) is 6.50. The average molecular weight is 585 g/mol. The number of cyclic esters (lactones) is 1. The van der Waals surface area contributed by atoms with Gasteiger partial charge in [-0.3, -0.25) is 4.90 Å². The summed E-state index contributed by atoms with van der Waals surface area (Å²) in [6.45, 7) is 10.4. The van der Waals surface area contributed by atoms with Crippen LogP contribution in [0.1, 0.15) is 92.7 Å². The molecule has 0 bridgehead atoms. The first kappa shape index (κ1) is 29.9. The Morgan fingerprint density at radius 1 is 1.07 bits per heavy atom. The molecule has 2 aliphatic rings. The van der Waals surface area contributed by atoms with E-state index in [1.54, 1.807) is 17.9 Å². The SMILES string of the molecule is CCc1onc(C)c1-c1cnc(N(CC)C2CCCCC2)c(CN2C(=O)O[C@H](c3cc(C)cc(C(F)(F)F)c3)[C@@H]2C)c1. The van der Waals surface area contributed by atoms with Crippen LogP contribution < -0.4 is 4.90 Å². The highest BCUT2D eigenvalue weighted by molar-refractivity contribution is 5.73. The number of halogens is 3. The lowest BCUT2D eigenvalue weighted by atomic mass is 9.93. The quantitative estimate of drug-likeness (QED) is 0.266. The molecular formula is C32H39F3N4O3. The largest absolute Gasteiger partial charge is 0.439 e. The summed E-state index contributed by atoms with van der Waals surface area (Å²) in [6.07, 6.45) is 2.37. The Bertz CT molecular complexity index is 1430. The van der Waals surface area contributed by atoms with Crippen LogP contribution in [-0.2, 0) is 23.9 Å². The van der Waals surface area contributed by atoms with Crippen molar-refractivity contribution in [3.8, 4) is 11.1 Å². The number of pyridine rings is 1. The third kappa shape index (κ3) is 5.85. The van der Waals surface area contributed by atoms with E-state index in [1.807, 2.05) is 33.0 Å². The first-order chi connectivity index (χ1) is 20.0. The van der Waals surface area contributed by atoms with Gasteiger partial charge in [-0.25, -0.2) is 9.78 Å². The number of amides is 1. The van der Waals surface area contributed by atoms with Gasteiger partial charge >= 0.3 is 12.3 Å². The molecule has 2 fully saturated rings. The molecule has 2 aromatic heterocycles. The van der Waals surface area contributed by atoms with Gasteiger partial charge in [0.25, 0.3) is 0 Å². The van der Waals surface area contributed by atoms with Crippen LogP contribution >= 0.6 is 0 Å². The molecule has 5 rings (SSSR count). The summed E-state index contributed by atoms with van der Waals surface area (Å²) in [7, 11) is 0. The molecule has 0 radical (unpaired) electrons. The molecule has 1 aliphatic carbocycles. The average Bonchev–Trinajstić information content (AvgIpc) is 3.48. The highest BCUT2D eigenvalue weighted by Gasteiger charge is 2.42. The molecule has 1 aliphatic heterocycles. The van der Waals surface area contributed by atoms with Crippen molar-refractivity contribution in [3.05, 3.63) is 64.2 Å². The molecule has 0 unspecified atom stereocenters. The maximum absolute atomic E-state index is 13.6. The second kappa shape index (κ2) is 12.0. The van der Waals surface area contributed by atoms with Gasteiger partial charge in [-0.1, -0.05) is 43.0 Å². The number of alkyl halides is 3. The van der Waals surface area contributed by atoms with Gasteiger partial charge in [0.1, 0.15) is 17.7 Å². The van der Waals surface area contributed by atoms with Crippen LogP contribution in [0.4, 0.5) is 23.8 Å². The third-order valence-corrected chi connectivity index (χ3v) is 8.60. The first-order valence-corrected chi connectivity index (χ1v) is 14.9. The van der Waals surface area contributed by atoms with E-state index < -0.39 is 30.0 Å². The van der Waals surface area contributed by atoms with Crippen LogP contribution in [0.3, 0.4) is 0 Å². The fourth-order valence-electron chi connectivity index (χ4n) is 6.50. The number of carbonyl (C=O) groups excluding carboxylic acids is 1. The number of carbonyl (C=O) groups is 1. The molecular weight excluding hydrogens is 545 g/mol. The Hall–Kier alpha value is -3.56. The minimum Gasteiger partial charge on any atom is -0.439 e. The van der Waals surface area contributed by atoms with E-state index in [0.717, 1.165) is 65.5 Å². The molecule has 3 heterocycles. The molecule has 1 saturated carbocycles. The maximum Gasteiger partial charge on any atom is 0.416 e. The summed E-state index contributed by atoms with van der Waals surface area (Å²) in [5, 5.41) is 4.17.